The Labute approximate surface area is 133 Å². The summed E-state index contributed by atoms with van der Waals surface area (Å²) in [7, 11) is 1.97. The summed E-state index contributed by atoms with van der Waals surface area (Å²) in [5.74, 6) is 0. The second-order valence-electron chi connectivity index (χ2n) is 5.01. The lowest BCUT2D eigenvalue weighted by molar-refractivity contribution is 0.536. The van der Waals surface area contributed by atoms with Gasteiger partial charge in [-0.15, -0.1) is 11.3 Å². The Hall–Kier alpha value is -1.36. The van der Waals surface area contributed by atoms with Crippen molar-refractivity contribution in [1.29, 1.82) is 0 Å². The number of nitrogens with zero attached hydrogens (tertiary/aromatic N) is 2. The number of aryl methyl sites for hydroxylation is 1. The zero-order valence-electron chi connectivity index (χ0n) is 12.1. The van der Waals surface area contributed by atoms with Crippen molar-refractivity contribution in [2.45, 2.75) is 25.9 Å². The van der Waals surface area contributed by atoms with Crippen LogP contribution in [0.5, 0.6) is 0 Å². The molecule has 21 heavy (non-hydrogen) atoms. The number of aromatic nitrogens is 2. The molecule has 0 bridgehead atoms. The highest BCUT2D eigenvalue weighted by Crippen LogP contribution is 2.35. The highest BCUT2D eigenvalue weighted by Gasteiger charge is 2.23. The van der Waals surface area contributed by atoms with Crippen molar-refractivity contribution in [3.05, 3.63) is 52.1 Å². The van der Waals surface area contributed by atoms with E-state index < -0.39 is 0 Å². The molecule has 0 radical (unpaired) electrons. The summed E-state index contributed by atoms with van der Waals surface area (Å²) in [4.78, 5) is 0. The number of thiophene rings is 1. The molecule has 0 saturated carbocycles. The summed E-state index contributed by atoms with van der Waals surface area (Å²) in [6.07, 6.45) is 2.78. The van der Waals surface area contributed by atoms with E-state index in [-0.39, 0.29) is 6.04 Å². The quantitative estimate of drug-likeness (QED) is 0.752. The van der Waals surface area contributed by atoms with Crippen LogP contribution in [0.4, 0.5) is 0 Å². The largest absolute Gasteiger partial charge is 0.308 e. The van der Waals surface area contributed by atoms with E-state index >= 15 is 0 Å². The van der Waals surface area contributed by atoms with Crippen LogP contribution in [-0.2, 0) is 6.54 Å². The van der Waals surface area contributed by atoms with Crippen LogP contribution in [0.25, 0.3) is 10.1 Å². The molecule has 0 aliphatic rings. The summed E-state index contributed by atoms with van der Waals surface area (Å²) in [5.41, 5.74) is 2.31. The van der Waals surface area contributed by atoms with E-state index in [0.717, 1.165) is 23.7 Å². The lowest BCUT2D eigenvalue weighted by Gasteiger charge is -2.18. The van der Waals surface area contributed by atoms with Crippen LogP contribution in [0.3, 0.4) is 0 Å². The number of rotatable bonds is 5. The summed E-state index contributed by atoms with van der Waals surface area (Å²) in [5, 5.41) is 12.0. The van der Waals surface area contributed by atoms with Gasteiger partial charge in [-0.25, -0.2) is 0 Å². The van der Waals surface area contributed by atoms with E-state index in [9.17, 15) is 0 Å². The SMILES string of the molecule is CCCn1ncc(Cl)c1C(NC)c1csc2ccccc12. The summed E-state index contributed by atoms with van der Waals surface area (Å²) >= 11 is 8.17. The van der Waals surface area contributed by atoms with Crippen molar-refractivity contribution in [2.24, 2.45) is 0 Å². The van der Waals surface area contributed by atoms with E-state index in [4.69, 9.17) is 11.6 Å². The zero-order valence-corrected chi connectivity index (χ0v) is 13.7. The summed E-state index contributed by atoms with van der Waals surface area (Å²) in [6, 6.07) is 8.53. The molecule has 2 aromatic heterocycles. The first-order chi connectivity index (χ1) is 10.3. The van der Waals surface area contributed by atoms with Crippen molar-refractivity contribution in [1.82, 2.24) is 15.1 Å². The number of fused-ring (bicyclic) bond motifs is 1. The van der Waals surface area contributed by atoms with E-state index in [2.05, 4.69) is 47.0 Å². The second kappa shape index (κ2) is 6.18. The molecule has 2 heterocycles. The molecular weight excluding hydrogens is 302 g/mol. The van der Waals surface area contributed by atoms with E-state index in [1.54, 1.807) is 17.5 Å². The van der Waals surface area contributed by atoms with Gasteiger partial charge in [0, 0.05) is 11.2 Å². The summed E-state index contributed by atoms with van der Waals surface area (Å²) in [6.45, 7) is 3.02. The minimum absolute atomic E-state index is 0.0581. The standard InChI is InChI=1S/C16H18ClN3S/c1-3-8-20-16(13(17)9-19-20)15(18-2)12-10-21-14-7-5-4-6-11(12)14/h4-7,9-10,15,18H,3,8H2,1-2H3. The molecule has 0 aliphatic heterocycles. The molecule has 3 aromatic rings. The van der Waals surface area contributed by atoms with Gasteiger partial charge in [0.15, 0.2) is 0 Å². The van der Waals surface area contributed by atoms with Crippen molar-refractivity contribution in [2.75, 3.05) is 7.05 Å². The van der Waals surface area contributed by atoms with Gasteiger partial charge < -0.3 is 5.32 Å². The molecule has 1 atom stereocenters. The van der Waals surface area contributed by atoms with Gasteiger partial charge in [0.25, 0.3) is 0 Å². The number of benzene rings is 1. The highest BCUT2D eigenvalue weighted by atomic mass is 35.5. The van der Waals surface area contributed by atoms with Gasteiger partial charge in [0.2, 0.25) is 0 Å². The number of halogens is 1. The Bertz CT molecular complexity index is 747. The van der Waals surface area contributed by atoms with Crippen LogP contribution in [-0.4, -0.2) is 16.8 Å². The third-order valence-corrected chi connectivity index (χ3v) is 4.93. The van der Waals surface area contributed by atoms with Crippen molar-refractivity contribution >= 4 is 33.0 Å². The van der Waals surface area contributed by atoms with Crippen LogP contribution in [0.2, 0.25) is 5.02 Å². The molecule has 1 aromatic carbocycles. The third kappa shape index (κ3) is 2.59. The fraction of sp³-hybridized carbons (Fsp3) is 0.312. The lowest BCUT2D eigenvalue weighted by Crippen LogP contribution is -2.21. The molecule has 0 fully saturated rings. The van der Waals surface area contributed by atoms with Crippen LogP contribution >= 0.6 is 22.9 Å². The fourth-order valence-electron chi connectivity index (χ4n) is 2.71. The Morgan fingerprint density at radius 2 is 2.19 bits per heavy atom. The van der Waals surface area contributed by atoms with Gasteiger partial charge in [-0.05, 0) is 35.9 Å². The third-order valence-electron chi connectivity index (χ3n) is 3.65. The van der Waals surface area contributed by atoms with E-state index in [1.807, 2.05) is 11.7 Å². The Kier molecular flexibility index (Phi) is 4.29. The Morgan fingerprint density at radius 1 is 1.38 bits per heavy atom. The normalized spacial score (nSPS) is 12.9. The summed E-state index contributed by atoms with van der Waals surface area (Å²) < 4.78 is 3.31. The van der Waals surface area contributed by atoms with Crippen LogP contribution < -0.4 is 5.32 Å². The lowest BCUT2D eigenvalue weighted by atomic mass is 10.0. The van der Waals surface area contributed by atoms with Crippen molar-refractivity contribution in [3.8, 4) is 0 Å². The second-order valence-corrected chi connectivity index (χ2v) is 6.33. The molecule has 0 saturated heterocycles. The topological polar surface area (TPSA) is 29.9 Å². The van der Waals surface area contributed by atoms with Crippen molar-refractivity contribution < 1.29 is 0 Å². The average molecular weight is 320 g/mol. The van der Waals surface area contributed by atoms with Gasteiger partial charge in [0.1, 0.15) is 0 Å². The molecule has 110 valence electrons. The minimum atomic E-state index is 0.0581. The van der Waals surface area contributed by atoms with E-state index in [0.29, 0.717) is 0 Å². The van der Waals surface area contributed by atoms with Crippen LogP contribution in [0.1, 0.15) is 30.6 Å². The first-order valence-electron chi connectivity index (χ1n) is 7.10. The zero-order chi connectivity index (χ0) is 14.8. The average Bonchev–Trinajstić information content (AvgIpc) is 3.07. The number of hydrogen-bond donors (Lipinski definition) is 1. The van der Waals surface area contributed by atoms with Gasteiger partial charge in [-0.2, -0.15) is 5.10 Å². The van der Waals surface area contributed by atoms with Gasteiger partial charge >= 0.3 is 0 Å². The Morgan fingerprint density at radius 3 is 2.95 bits per heavy atom. The molecule has 1 unspecified atom stereocenters. The molecular formula is C16H18ClN3S. The van der Waals surface area contributed by atoms with Crippen LogP contribution in [0.15, 0.2) is 35.8 Å². The van der Waals surface area contributed by atoms with Crippen molar-refractivity contribution in [3.63, 3.8) is 0 Å². The molecule has 0 amide bonds. The van der Waals surface area contributed by atoms with E-state index in [1.165, 1.54) is 15.6 Å². The fourth-order valence-corrected chi connectivity index (χ4v) is 3.95. The molecule has 0 aliphatic carbocycles. The molecule has 3 rings (SSSR count). The van der Waals surface area contributed by atoms with Gasteiger partial charge in [-0.1, -0.05) is 36.7 Å². The van der Waals surface area contributed by atoms with Gasteiger partial charge in [-0.3, -0.25) is 4.68 Å². The number of hydrogen-bond acceptors (Lipinski definition) is 3. The Balaban J connectivity index is 2.12. The maximum absolute atomic E-state index is 6.40. The molecule has 3 nitrogen and oxygen atoms in total. The van der Waals surface area contributed by atoms with Gasteiger partial charge in [0.05, 0.1) is 23.0 Å². The predicted molar refractivity (Wildman–Crippen MR) is 90.3 cm³/mol. The molecule has 1 N–H and O–H groups in total. The van der Waals surface area contributed by atoms with Crippen LogP contribution in [0, 0.1) is 0 Å². The maximum Gasteiger partial charge on any atom is 0.0837 e. The molecule has 5 heteroatoms. The molecule has 0 spiro atoms. The maximum atomic E-state index is 6.40. The first kappa shape index (κ1) is 14.6. The predicted octanol–water partition coefficient (Wildman–Crippen LogP) is 4.47. The first-order valence-corrected chi connectivity index (χ1v) is 8.36. The highest BCUT2D eigenvalue weighted by molar-refractivity contribution is 7.17. The minimum Gasteiger partial charge on any atom is -0.308 e. The smallest absolute Gasteiger partial charge is 0.0837 e. The number of nitrogens with one attached hydrogen (secondary N) is 1. The monoisotopic (exact) mass is 319 g/mol.